The molecule has 0 aliphatic rings. The zero-order valence-corrected chi connectivity index (χ0v) is 24.1. The van der Waals surface area contributed by atoms with Crippen molar-refractivity contribution in [1.82, 2.24) is 10.2 Å². The van der Waals surface area contributed by atoms with E-state index in [-0.39, 0.29) is 24.8 Å². The minimum absolute atomic E-state index is 0.0982. The number of carbonyl (C=O) groups is 2. The fraction of sp³-hybridized carbons (Fsp3) is 0.273. The van der Waals surface area contributed by atoms with Gasteiger partial charge in [-0.1, -0.05) is 102 Å². The summed E-state index contributed by atoms with van der Waals surface area (Å²) in [6.45, 7) is 6.06. The van der Waals surface area contributed by atoms with Crippen LogP contribution in [-0.2, 0) is 29.0 Å². The van der Waals surface area contributed by atoms with Crippen molar-refractivity contribution < 1.29 is 9.59 Å². The van der Waals surface area contributed by atoms with Crippen molar-refractivity contribution in [3.8, 4) is 0 Å². The number of benzene rings is 4. The van der Waals surface area contributed by atoms with Gasteiger partial charge in [0.1, 0.15) is 6.04 Å². The second-order valence-corrected chi connectivity index (χ2v) is 11.7. The van der Waals surface area contributed by atoms with Gasteiger partial charge in [0.05, 0.1) is 10.0 Å². The molecule has 202 valence electrons. The smallest absolute Gasteiger partial charge is 0.243 e. The predicted molar refractivity (Wildman–Crippen MR) is 161 cm³/mol. The minimum Gasteiger partial charge on any atom is -0.350 e. The summed E-state index contributed by atoms with van der Waals surface area (Å²) >= 11 is 12.5. The molecule has 0 aliphatic heterocycles. The van der Waals surface area contributed by atoms with Gasteiger partial charge in [0, 0.05) is 24.9 Å². The average Bonchev–Trinajstić information content (AvgIpc) is 2.90. The van der Waals surface area contributed by atoms with E-state index in [2.05, 4.69) is 29.6 Å². The van der Waals surface area contributed by atoms with Crippen LogP contribution < -0.4 is 5.32 Å². The van der Waals surface area contributed by atoms with Crippen LogP contribution in [0.5, 0.6) is 0 Å². The van der Waals surface area contributed by atoms with Crippen LogP contribution in [-0.4, -0.2) is 28.3 Å². The van der Waals surface area contributed by atoms with Crippen LogP contribution in [0.4, 0.5) is 0 Å². The molecular weight excluding hydrogens is 527 g/mol. The first-order valence-corrected chi connectivity index (χ1v) is 13.9. The molecule has 0 aliphatic carbocycles. The topological polar surface area (TPSA) is 49.4 Å². The van der Waals surface area contributed by atoms with Crippen molar-refractivity contribution in [3.63, 3.8) is 0 Å². The van der Waals surface area contributed by atoms with E-state index in [1.807, 2.05) is 75.4 Å². The molecule has 0 bridgehead atoms. The lowest BCUT2D eigenvalue weighted by atomic mass is 9.98. The maximum Gasteiger partial charge on any atom is 0.243 e. The Bertz CT molecular complexity index is 1440. The van der Waals surface area contributed by atoms with Crippen molar-refractivity contribution in [3.05, 3.63) is 118 Å². The lowest BCUT2D eigenvalue weighted by molar-refractivity contribution is -0.141. The number of nitrogens with zero attached hydrogens (tertiary/aromatic N) is 1. The van der Waals surface area contributed by atoms with Gasteiger partial charge < -0.3 is 10.2 Å². The quantitative estimate of drug-likeness (QED) is 0.228. The molecular formula is C33H34Cl2N2O2. The number of nitrogens with one attached hydrogen (secondary N) is 1. The first kappa shape index (κ1) is 28.7. The standard InChI is InChI=1S/C33H34Cl2N2O2/c1-33(2,3)36-32(39)30(21-23-10-5-4-6-11-23)37(22-24-16-18-28(34)29(35)20-24)31(38)19-17-26-14-9-13-25-12-7-8-15-27(25)26/h4-16,18,20,30H,17,19,21-22H2,1-3H3,(H,36,39). The molecule has 0 spiro atoms. The average molecular weight is 562 g/mol. The summed E-state index contributed by atoms with van der Waals surface area (Å²) in [5.74, 6) is -0.288. The second kappa shape index (κ2) is 12.7. The van der Waals surface area contributed by atoms with Crippen LogP contribution in [0, 0.1) is 0 Å². The molecule has 4 aromatic rings. The molecule has 0 heterocycles. The summed E-state index contributed by atoms with van der Waals surface area (Å²) in [6.07, 6.45) is 1.23. The van der Waals surface area contributed by atoms with E-state index in [1.165, 1.54) is 0 Å². The van der Waals surface area contributed by atoms with Gasteiger partial charge in [0.2, 0.25) is 11.8 Å². The molecule has 1 unspecified atom stereocenters. The summed E-state index contributed by atoms with van der Waals surface area (Å²) < 4.78 is 0. The largest absolute Gasteiger partial charge is 0.350 e. The molecule has 0 fully saturated rings. The van der Waals surface area contributed by atoms with Crippen LogP contribution in [0.25, 0.3) is 10.8 Å². The van der Waals surface area contributed by atoms with Gasteiger partial charge in [-0.15, -0.1) is 0 Å². The van der Waals surface area contributed by atoms with E-state index in [0.717, 1.165) is 27.5 Å². The van der Waals surface area contributed by atoms with Crippen LogP contribution in [0.2, 0.25) is 10.0 Å². The van der Waals surface area contributed by atoms with Gasteiger partial charge in [-0.05, 0) is 66.8 Å². The lowest BCUT2D eigenvalue weighted by Crippen LogP contribution is -2.54. The zero-order valence-electron chi connectivity index (χ0n) is 22.6. The Labute approximate surface area is 240 Å². The van der Waals surface area contributed by atoms with Crippen LogP contribution in [0.15, 0.2) is 91.0 Å². The van der Waals surface area contributed by atoms with Crippen molar-refractivity contribution in [2.24, 2.45) is 0 Å². The van der Waals surface area contributed by atoms with E-state index >= 15 is 0 Å². The predicted octanol–water partition coefficient (Wildman–Crippen LogP) is 7.63. The van der Waals surface area contributed by atoms with Crippen molar-refractivity contribution in [2.45, 2.75) is 58.2 Å². The summed E-state index contributed by atoms with van der Waals surface area (Å²) in [4.78, 5) is 29.4. The third kappa shape index (κ3) is 7.84. The number of hydrogen-bond acceptors (Lipinski definition) is 2. The van der Waals surface area contributed by atoms with Gasteiger partial charge in [-0.2, -0.15) is 0 Å². The number of halogens is 2. The molecule has 4 rings (SSSR count). The summed E-state index contributed by atoms with van der Waals surface area (Å²) in [7, 11) is 0. The Hall–Kier alpha value is -3.34. The Kier molecular flexibility index (Phi) is 9.32. The summed E-state index contributed by atoms with van der Waals surface area (Å²) in [6, 6.07) is 28.7. The molecule has 1 atom stereocenters. The molecule has 0 saturated heterocycles. The fourth-order valence-corrected chi connectivity index (χ4v) is 5.06. The highest BCUT2D eigenvalue weighted by atomic mass is 35.5. The molecule has 1 N–H and O–H groups in total. The highest BCUT2D eigenvalue weighted by Crippen LogP contribution is 2.26. The van der Waals surface area contributed by atoms with E-state index in [9.17, 15) is 9.59 Å². The molecule has 39 heavy (non-hydrogen) atoms. The second-order valence-electron chi connectivity index (χ2n) is 10.9. The van der Waals surface area contributed by atoms with Gasteiger partial charge in [-0.25, -0.2) is 0 Å². The molecule has 0 aromatic heterocycles. The molecule has 6 heteroatoms. The third-order valence-corrected chi connectivity index (χ3v) is 7.33. The molecule has 4 nitrogen and oxygen atoms in total. The van der Waals surface area contributed by atoms with Crippen LogP contribution in [0.3, 0.4) is 0 Å². The Balaban J connectivity index is 1.68. The fourth-order valence-electron chi connectivity index (χ4n) is 4.74. The maximum absolute atomic E-state index is 14.0. The number of carbonyl (C=O) groups excluding carboxylic acids is 2. The monoisotopic (exact) mass is 560 g/mol. The Morgan fingerprint density at radius 2 is 1.51 bits per heavy atom. The third-order valence-electron chi connectivity index (χ3n) is 6.59. The highest BCUT2D eigenvalue weighted by Gasteiger charge is 2.32. The summed E-state index contributed by atoms with van der Waals surface area (Å²) in [5, 5.41) is 6.23. The molecule has 0 radical (unpaired) electrons. The van der Waals surface area contributed by atoms with E-state index in [4.69, 9.17) is 23.2 Å². The van der Waals surface area contributed by atoms with Crippen molar-refractivity contribution in [2.75, 3.05) is 0 Å². The number of aryl methyl sites for hydroxylation is 1. The number of rotatable bonds is 9. The maximum atomic E-state index is 14.0. The lowest BCUT2D eigenvalue weighted by Gasteiger charge is -2.34. The summed E-state index contributed by atoms with van der Waals surface area (Å²) in [5.41, 5.74) is 2.44. The molecule has 2 amide bonds. The van der Waals surface area contributed by atoms with E-state index in [1.54, 1.807) is 17.0 Å². The van der Waals surface area contributed by atoms with E-state index in [0.29, 0.717) is 22.9 Å². The SMILES string of the molecule is CC(C)(C)NC(=O)C(Cc1ccccc1)N(Cc1ccc(Cl)c(Cl)c1)C(=O)CCc1cccc2ccccc12. The number of amides is 2. The van der Waals surface area contributed by atoms with Crippen LogP contribution in [0.1, 0.15) is 43.9 Å². The van der Waals surface area contributed by atoms with Gasteiger partial charge in [0.15, 0.2) is 0 Å². The van der Waals surface area contributed by atoms with E-state index < -0.39 is 11.6 Å². The first-order valence-electron chi connectivity index (χ1n) is 13.2. The number of hydrogen-bond donors (Lipinski definition) is 1. The van der Waals surface area contributed by atoms with Gasteiger partial charge >= 0.3 is 0 Å². The Morgan fingerprint density at radius 1 is 0.821 bits per heavy atom. The van der Waals surface area contributed by atoms with Crippen molar-refractivity contribution in [1.29, 1.82) is 0 Å². The van der Waals surface area contributed by atoms with Crippen molar-refractivity contribution >= 4 is 45.8 Å². The zero-order chi connectivity index (χ0) is 28.0. The first-order chi connectivity index (χ1) is 18.6. The normalized spacial score (nSPS) is 12.2. The minimum atomic E-state index is -0.707. The Morgan fingerprint density at radius 3 is 2.23 bits per heavy atom. The van der Waals surface area contributed by atoms with Crippen LogP contribution >= 0.6 is 23.2 Å². The number of fused-ring (bicyclic) bond motifs is 1. The van der Waals surface area contributed by atoms with Gasteiger partial charge in [0.25, 0.3) is 0 Å². The highest BCUT2D eigenvalue weighted by molar-refractivity contribution is 6.42. The molecule has 4 aromatic carbocycles. The van der Waals surface area contributed by atoms with Gasteiger partial charge in [-0.3, -0.25) is 9.59 Å². The molecule has 0 saturated carbocycles.